The molecule has 162 valence electrons. The number of hydrogen-bond acceptors (Lipinski definition) is 4. The molecule has 0 aromatic heterocycles. The second-order valence-corrected chi connectivity index (χ2v) is 11.3. The number of halogens is 5. The number of nitrogens with zero attached hydrogens (tertiary/aromatic N) is 1. The van der Waals surface area contributed by atoms with Crippen molar-refractivity contribution in [3.05, 3.63) is 98.4 Å². The lowest BCUT2D eigenvalue weighted by Crippen LogP contribution is -2.05. The van der Waals surface area contributed by atoms with Gasteiger partial charge in [0.2, 0.25) is 5.90 Å². The Kier molecular flexibility index (Phi) is 7.92. The van der Waals surface area contributed by atoms with E-state index in [4.69, 9.17) is 9.47 Å². The molecule has 3 aromatic rings. The summed E-state index contributed by atoms with van der Waals surface area (Å²) in [4.78, 5) is 16.8. The lowest BCUT2D eigenvalue weighted by Gasteiger charge is -2.12. The molecular formula is C23H12Br4INO3. The number of rotatable bonds is 5. The minimum Gasteiger partial charge on any atom is -0.487 e. The van der Waals surface area contributed by atoms with Gasteiger partial charge in [-0.25, -0.2) is 9.79 Å². The van der Waals surface area contributed by atoms with E-state index in [9.17, 15) is 4.79 Å². The second-order valence-electron chi connectivity index (χ2n) is 6.70. The molecule has 1 aliphatic rings. The van der Waals surface area contributed by atoms with E-state index in [0.717, 1.165) is 38.2 Å². The minimum absolute atomic E-state index is 0.233. The molecular weight excluding hydrogens is 785 g/mol. The van der Waals surface area contributed by atoms with Crippen molar-refractivity contribution in [2.24, 2.45) is 4.99 Å². The quantitative estimate of drug-likeness (QED) is 0.149. The highest BCUT2D eigenvalue weighted by Gasteiger charge is 2.24. The largest absolute Gasteiger partial charge is 0.487 e. The highest BCUT2D eigenvalue weighted by Crippen LogP contribution is 2.36. The van der Waals surface area contributed by atoms with Crippen LogP contribution in [0.2, 0.25) is 0 Å². The van der Waals surface area contributed by atoms with E-state index in [1.807, 2.05) is 54.6 Å². The fourth-order valence-electron chi connectivity index (χ4n) is 2.90. The summed E-state index contributed by atoms with van der Waals surface area (Å²) in [5.41, 5.74) is 2.78. The molecule has 0 aliphatic carbocycles. The van der Waals surface area contributed by atoms with Crippen molar-refractivity contribution in [3.8, 4) is 5.75 Å². The molecule has 9 heteroatoms. The van der Waals surface area contributed by atoms with Crippen LogP contribution < -0.4 is 4.74 Å². The Balaban J connectivity index is 1.56. The number of ether oxygens (including phenoxy) is 2. The van der Waals surface area contributed by atoms with Gasteiger partial charge >= 0.3 is 5.97 Å². The number of esters is 1. The molecule has 0 bridgehead atoms. The first-order chi connectivity index (χ1) is 15.3. The van der Waals surface area contributed by atoms with Crippen molar-refractivity contribution in [3.63, 3.8) is 0 Å². The summed E-state index contributed by atoms with van der Waals surface area (Å²) in [5, 5.41) is 0. The third-order valence-electron chi connectivity index (χ3n) is 4.38. The van der Waals surface area contributed by atoms with Gasteiger partial charge in [0.15, 0.2) is 5.70 Å². The van der Waals surface area contributed by atoms with Crippen molar-refractivity contribution in [1.82, 2.24) is 0 Å². The van der Waals surface area contributed by atoms with Crippen molar-refractivity contribution >= 4 is 104 Å². The van der Waals surface area contributed by atoms with Crippen LogP contribution in [0.1, 0.15) is 16.7 Å². The number of cyclic esters (lactones) is 1. The summed E-state index contributed by atoms with van der Waals surface area (Å²) in [5.74, 6) is 0.469. The number of hydrogen-bond donors (Lipinski definition) is 0. The first kappa shape index (κ1) is 24.1. The summed E-state index contributed by atoms with van der Waals surface area (Å²) in [7, 11) is 0. The molecule has 0 saturated heterocycles. The van der Waals surface area contributed by atoms with Gasteiger partial charge in [0.05, 0.1) is 8.95 Å². The third kappa shape index (κ3) is 5.72. The van der Waals surface area contributed by atoms with Gasteiger partial charge in [-0.1, -0.05) is 28.1 Å². The molecule has 0 amide bonds. The maximum atomic E-state index is 12.4. The van der Waals surface area contributed by atoms with Crippen LogP contribution in [0.4, 0.5) is 0 Å². The van der Waals surface area contributed by atoms with Crippen LogP contribution >= 0.6 is 86.3 Å². The Morgan fingerprint density at radius 2 is 1.72 bits per heavy atom. The Morgan fingerprint density at radius 1 is 0.969 bits per heavy atom. The summed E-state index contributed by atoms with van der Waals surface area (Å²) >= 11 is 16.3. The van der Waals surface area contributed by atoms with Crippen LogP contribution in [0.15, 0.2) is 83.2 Å². The van der Waals surface area contributed by atoms with Crippen LogP contribution in [0, 0.1) is 3.57 Å². The van der Waals surface area contributed by atoms with E-state index in [1.54, 1.807) is 6.08 Å². The van der Waals surface area contributed by atoms with Crippen molar-refractivity contribution in [1.29, 1.82) is 0 Å². The number of aliphatic imine (C=N–C) groups is 1. The Bertz CT molecular complexity index is 1270. The molecule has 1 aliphatic heterocycles. The van der Waals surface area contributed by atoms with Crippen LogP contribution in [0.3, 0.4) is 0 Å². The van der Waals surface area contributed by atoms with Gasteiger partial charge in [-0.2, -0.15) is 0 Å². The van der Waals surface area contributed by atoms with Gasteiger partial charge in [-0.15, -0.1) is 0 Å². The SMILES string of the molecule is O=C1OC(c2ccc(I)c(Br)c2)=N/C1=C\c1cc(Br)c(OCc2cccc(Br)c2)c(Br)c1. The molecule has 4 nitrogen and oxygen atoms in total. The Labute approximate surface area is 232 Å². The predicted octanol–water partition coefficient (Wildman–Crippen LogP) is 8.26. The Hall–Kier alpha value is -1.01. The van der Waals surface area contributed by atoms with Gasteiger partial charge in [0.1, 0.15) is 12.4 Å². The van der Waals surface area contributed by atoms with Crippen molar-refractivity contribution < 1.29 is 14.3 Å². The van der Waals surface area contributed by atoms with Gasteiger partial charge in [-0.05, 0) is 130 Å². The predicted molar refractivity (Wildman–Crippen MR) is 148 cm³/mol. The molecule has 0 spiro atoms. The van der Waals surface area contributed by atoms with Gasteiger partial charge in [0.25, 0.3) is 0 Å². The average molecular weight is 797 g/mol. The fourth-order valence-corrected chi connectivity index (χ4v) is 5.51. The zero-order chi connectivity index (χ0) is 22.8. The Morgan fingerprint density at radius 3 is 2.41 bits per heavy atom. The molecule has 32 heavy (non-hydrogen) atoms. The summed E-state index contributed by atoms with van der Waals surface area (Å²) < 4.78 is 15.9. The lowest BCUT2D eigenvalue weighted by molar-refractivity contribution is -0.129. The molecule has 0 saturated carbocycles. The summed E-state index contributed by atoms with van der Waals surface area (Å²) in [6, 6.07) is 17.4. The molecule has 0 fully saturated rings. The second kappa shape index (κ2) is 10.5. The normalized spacial score (nSPS) is 14.5. The number of benzene rings is 3. The molecule has 1 heterocycles. The van der Waals surface area contributed by atoms with E-state index in [0.29, 0.717) is 12.4 Å². The maximum Gasteiger partial charge on any atom is 0.363 e. The highest BCUT2D eigenvalue weighted by molar-refractivity contribution is 14.1. The molecule has 0 radical (unpaired) electrons. The number of carbonyl (C=O) groups is 1. The van der Waals surface area contributed by atoms with Crippen LogP contribution in [0.5, 0.6) is 5.75 Å². The first-order valence-electron chi connectivity index (χ1n) is 9.14. The van der Waals surface area contributed by atoms with Crippen LogP contribution in [-0.2, 0) is 16.1 Å². The van der Waals surface area contributed by atoms with Crippen molar-refractivity contribution in [2.75, 3.05) is 0 Å². The molecule has 0 N–H and O–H groups in total. The summed E-state index contributed by atoms with van der Waals surface area (Å²) in [6.07, 6.45) is 1.69. The molecule has 3 aromatic carbocycles. The van der Waals surface area contributed by atoms with E-state index in [-0.39, 0.29) is 11.6 Å². The lowest BCUT2D eigenvalue weighted by atomic mass is 10.2. The maximum absolute atomic E-state index is 12.4. The van der Waals surface area contributed by atoms with E-state index in [2.05, 4.69) is 91.3 Å². The molecule has 0 unspecified atom stereocenters. The van der Waals surface area contributed by atoms with E-state index < -0.39 is 5.97 Å². The minimum atomic E-state index is -0.489. The van der Waals surface area contributed by atoms with Crippen LogP contribution in [-0.4, -0.2) is 11.9 Å². The van der Waals surface area contributed by atoms with Gasteiger partial charge in [-0.3, -0.25) is 0 Å². The van der Waals surface area contributed by atoms with E-state index in [1.165, 1.54) is 0 Å². The fraction of sp³-hybridized carbons (Fsp3) is 0.0435. The van der Waals surface area contributed by atoms with Gasteiger partial charge in [0, 0.05) is 18.1 Å². The molecule has 4 rings (SSSR count). The standard InChI is InChI=1S/C23H12Br4INO3/c24-15-3-1-2-12(6-15)11-31-21-17(26)7-13(8-18(21)27)9-20-23(30)32-22(29-20)14-4-5-19(28)16(25)10-14/h1-10H,11H2/b20-9-. The zero-order valence-corrected chi connectivity index (χ0v) is 24.5. The first-order valence-corrected chi connectivity index (χ1v) is 13.4. The monoisotopic (exact) mass is 793 g/mol. The molecule has 0 atom stereocenters. The topological polar surface area (TPSA) is 47.9 Å². The summed E-state index contributed by atoms with van der Waals surface area (Å²) in [6.45, 7) is 0.419. The zero-order valence-electron chi connectivity index (χ0n) is 16.0. The third-order valence-corrected chi connectivity index (χ3v) is 8.39. The van der Waals surface area contributed by atoms with Crippen LogP contribution in [0.25, 0.3) is 6.08 Å². The van der Waals surface area contributed by atoms with Gasteiger partial charge < -0.3 is 9.47 Å². The van der Waals surface area contributed by atoms with Crippen molar-refractivity contribution in [2.45, 2.75) is 6.61 Å². The highest BCUT2D eigenvalue weighted by atomic mass is 127. The number of carbonyl (C=O) groups excluding carboxylic acids is 1. The average Bonchev–Trinajstić information content (AvgIpc) is 3.10. The van der Waals surface area contributed by atoms with E-state index >= 15 is 0 Å². The smallest absolute Gasteiger partial charge is 0.363 e.